The third-order valence-electron chi connectivity index (χ3n) is 7.13. The van der Waals surface area contributed by atoms with Gasteiger partial charge in [-0.2, -0.15) is 10.2 Å². The highest BCUT2D eigenvalue weighted by atomic mass is 19.1. The molecule has 170 valence electrons. The fourth-order valence-corrected chi connectivity index (χ4v) is 5.42. The largest absolute Gasteiger partial charge is 0.349 e. The summed E-state index contributed by atoms with van der Waals surface area (Å²) >= 11 is 0. The van der Waals surface area contributed by atoms with Gasteiger partial charge in [0, 0.05) is 24.5 Å². The molecule has 1 saturated carbocycles. The maximum Gasteiger partial charge on any atom is 0.183 e. The summed E-state index contributed by atoms with van der Waals surface area (Å²) in [6, 6.07) is 5.30. The monoisotopic (exact) mass is 448 g/mol. The zero-order valence-corrected chi connectivity index (χ0v) is 18.4. The summed E-state index contributed by atoms with van der Waals surface area (Å²) in [6.07, 6.45) is 15.7. The summed E-state index contributed by atoms with van der Waals surface area (Å²) < 4.78 is 32.0. The number of halogens is 2. The van der Waals surface area contributed by atoms with Crippen LogP contribution >= 0.6 is 0 Å². The number of benzene rings is 1. The van der Waals surface area contributed by atoms with Crippen molar-refractivity contribution in [1.82, 2.24) is 24.4 Å². The minimum atomic E-state index is -0.424. The van der Waals surface area contributed by atoms with Gasteiger partial charge in [0.1, 0.15) is 23.1 Å². The Morgan fingerprint density at radius 2 is 1.79 bits per heavy atom. The molecule has 3 aromatic heterocycles. The molecule has 0 amide bonds. The Morgan fingerprint density at radius 3 is 2.67 bits per heavy atom. The average Bonchev–Trinajstić information content (AvgIpc) is 3.60. The van der Waals surface area contributed by atoms with Crippen molar-refractivity contribution in [3.63, 3.8) is 0 Å². The quantitative estimate of drug-likeness (QED) is 0.409. The van der Waals surface area contributed by atoms with Gasteiger partial charge in [-0.25, -0.2) is 23.0 Å². The van der Waals surface area contributed by atoms with E-state index in [2.05, 4.69) is 21.3 Å². The molecule has 1 aliphatic heterocycles. The third kappa shape index (κ3) is 3.67. The van der Waals surface area contributed by atoms with Gasteiger partial charge in [-0.1, -0.05) is 19.3 Å². The fraction of sp³-hybridized carbons (Fsp3) is 0.400. The molecule has 1 aromatic carbocycles. The van der Waals surface area contributed by atoms with Gasteiger partial charge in [0.25, 0.3) is 0 Å². The van der Waals surface area contributed by atoms with E-state index in [1.54, 1.807) is 10.7 Å². The summed E-state index contributed by atoms with van der Waals surface area (Å²) in [5.41, 5.74) is 3.15. The van der Waals surface area contributed by atoms with Crippen molar-refractivity contribution in [3.05, 3.63) is 71.8 Å². The molecular weight excluding hydrogens is 422 g/mol. The SMILES string of the molecule is Fc1ccc(F)c([C@H]2CCCN2c2ccn3ncc(-n4cc(C5CCCCC5)cn4)c3n2)c1. The van der Waals surface area contributed by atoms with Crippen LogP contribution in [0.15, 0.2) is 49.1 Å². The van der Waals surface area contributed by atoms with Gasteiger partial charge in [0.2, 0.25) is 0 Å². The molecule has 0 radical (unpaired) electrons. The number of rotatable bonds is 4. The van der Waals surface area contributed by atoms with Crippen molar-refractivity contribution in [2.24, 2.45) is 0 Å². The molecule has 0 unspecified atom stereocenters. The summed E-state index contributed by atoms with van der Waals surface area (Å²) in [6.45, 7) is 0.737. The lowest BCUT2D eigenvalue weighted by Crippen LogP contribution is -2.24. The van der Waals surface area contributed by atoms with Crippen molar-refractivity contribution in [3.8, 4) is 5.69 Å². The minimum Gasteiger partial charge on any atom is -0.349 e. The fourth-order valence-electron chi connectivity index (χ4n) is 5.42. The number of fused-ring (bicyclic) bond motifs is 1. The highest BCUT2D eigenvalue weighted by Gasteiger charge is 2.30. The van der Waals surface area contributed by atoms with Crippen LogP contribution in [-0.2, 0) is 0 Å². The van der Waals surface area contributed by atoms with Gasteiger partial charge in [0.15, 0.2) is 5.65 Å². The molecule has 4 aromatic rings. The number of anilines is 1. The second kappa shape index (κ2) is 8.24. The first-order valence-corrected chi connectivity index (χ1v) is 11.8. The average molecular weight is 449 g/mol. The molecule has 2 aliphatic rings. The molecule has 1 saturated heterocycles. The number of hydrogen-bond donors (Lipinski definition) is 0. The van der Waals surface area contributed by atoms with Crippen molar-refractivity contribution < 1.29 is 8.78 Å². The third-order valence-corrected chi connectivity index (χ3v) is 7.13. The Labute approximate surface area is 190 Å². The van der Waals surface area contributed by atoms with E-state index in [-0.39, 0.29) is 11.9 Å². The zero-order valence-electron chi connectivity index (χ0n) is 18.4. The molecule has 8 heteroatoms. The smallest absolute Gasteiger partial charge is 0.183 e. The van der Waals surface area contributed by atoms with Gasteiger partial charge >= 0.3 is 0 Å². The van der Waals surface area contributed by atoms with Gasteiger partial charge in [-0.05, 0) is 61.4 Å². The minimum absolute atomic E-state index is 0.246. The van der Waals surface area contributed by atoms with Crippen LogP contribution in [-0.4, -0.2) is 30.9 Å². The van der Waals surface area contributed by atoms with Crippen LogP contribution in [0.5, 0.6) is 0 Å². The summed E-state index contributed by atoms with van der Waals surface area (Å²) in [5.74, 6) is 0.498. The van der Waals surface area contributed by atoms with Crippen LogP contribution in [0.3, 0.4) is 0 Å². The van der Waals surface area contributed by atoms with Gasteiger partial charge in [-0.15, -0.1) is 0 Å². The molecule has 4 heterocycles. The van der Waals surface area contributed by atoms with E-state index in [4.69, 9.17) is 4.98 Å². The van der Waals surface area contributed by atoms with E-state index in [0.717, 1.165) is 37.0 Å². The molecule has 33 heavy (non-hydrogen) atoms. The predicted octanol–water partition coefficient (Wildman–Crippen LogP) is 5.58. The molecule has 0 bridgehead atoms. The molecule has 0 N–H and O–H groups in total. The van der Waals surface area contributed by atoms with Crippen molar-refractivity contribution in [2.45, 2.75) is 56.9 Å². The summed E-state index contributed by atoms with van der Waals surface area (Å²) in [7, 11) is 0. The zero-order chi connectivity index (χ0) is 22.4. The van der Waals surface area contributed by atoms with E-state index in [1.807, 2.05) is 23.1 Å². The van der Waals surface area contributed by atoms with Gasteiger partial charge in [-0.3, -0.25) is 0 Å². The Hall–Kier alpha value is -3.29. The topological polar surface area (TPSA) is 51.2 Å². The highest BCUT2D eigenvalue weighted by molar-refractivity contribution is 5.61. The molecule has 2 fully saturated rings. The molecule has 1 aliphatic carbocycles. The molecule has 6 nitrogen and oxygen atoms in total. The number of hydrogen-bond acceptors (Lipinski definition) is 4. The summed E-state index contributed by atoms with van der Waals surface area (Å²) in [4.78, 5) is 6.95. The van der Waals surface area contributed by atoms with E-state index in [0.29, 0.717) is 17.1 Å². The van der Waals surface area contributed by atoms with Crippen molar-refractivity contribution in [1.29, 1.82) is 0 Å². The van der Waals surface area contributed by atoms with Crippen LogP contribution in [0.25, 0.3) is 11.3 Å². The van der Waals surface area contributed by atoms with E-state index < -0.39 is 5.82 Å². The lowest BCUT2D eigenvalue weighted by Gasteiger charge is -2.26. The van der Waals surface area contributed by atoms with Gasteiger partial charge < -0.3 is 4.90 Å². The lowest BCUT2D eigenvalue weighted by molar-refractivity contribution is 0.443. The first-order chi connectivity index (χ1) is 16.2. The molecule has 1 atom stereocenters. The standard InChI is InChI=1S/C25H26F2N6/c26-19-8-9-21(27)20(13-19)22-7-4-11-31(22)24-10-12-32-25(30-24)23(15-29-32)33-16-18(14-28-33)17-5-2-1-3-6-17/h8-10,12-17,22H,1-7,11H2/t22-/m1/s1. The predicted molar refractivity (Wildman–Crippen MR) is 122 cm³/mol. The molecular formula is C25H26F2N6. The van der Waals surface area contributed by atoms with Crippen LogP contribution in [0, 0.1) is 11.6 Å². The van der Waals surface area contributed by atoms with Crippen molar-refractivity contribution in [2.75, 3.05) is 11.4 Å². The maximum absolute atomic E-state index is 14.5. The second-order valence-electron chi connectivity index (χ2n) is 9.15. The Morgan fingerprint density at radius 1 is 0.909 bits per heavy atom. The molecule has 6 rings (SSSR count). The Bertz CT molecular complexity index is 1290. The normalized spacial score (nSPS) is 19.6. The molecule has 0 spiro atoms. The Kier molecular flexibility index (Phi) is 5.08. The Balaban J connectivity index is 1.34. The van der Waals surface area contributed by atoms with Crippen LogP contribution in [0.1, 0.15) is 68.0 Å². The van der Waals surface area contributed by atoms with Crippen LogP contribution < -0.4 is 4.90 Å². The number of aromatic nitrogens is 5. The second-order valence-corrected chi connectivity index (χ2v) is 9.15. The van der Waals surface area contributed by atoms with E-state index >= 15 is 0 Å². The number of nitrogens with zero attached hydrogens (tertiary/aromatic N) is 6. The highest BCUT2D eigenvalue weighted by Crippen LogP contribution is 2.37. The van der Waals surface area contributed by atoms with E-state index in [1.165, 1.54) is 49.8 Å². The summed E-state index contributed by atoms with van der Waals surface area (Å²) in [5, 5.41) is 9.07. The first kappa shape index (κ1) is 20.3. The lowest BCUT2D eigenvalue weighted by atomic mass is 9.86. The first-order valence-electron chi connectivity index (χ1n) is 11.8. The van der Waals surface area contributed by atoms with Gasteiger partial charge in [0.05, 0.1) is 18.4 Å². The van der Waals surface area contributed by atoms with E-state index in [9.17, 15) is 8.78 Å². The van der Waals surface area contributed by atoms with Crippen LogP contribution in [0.2, 0.25) is 0 Å². The maximum atomic E-state index is 14.5. The van der Waals surface area contributed by atoms with Crippen molar-refractivity contribution >= 4 is 11.5 Å². The van der Waals surface area contributed by atoms with Crippen LogP contribution in [0.4, 0.5) is 14.6 Å².